The molecular weight excluding hydrogens is 328 g/mol. The predicted molar refractivity (Wildman–Crippen MR) is 82.9 cm³/mol. The summed E-state index contributed by atoms with van der Waals surface area (Å²) in [4.78, 5) is 1.22. The van der Waals surface area contributed by atoms with Crippen LogP contribution in [-0.2, 0) is 12.8 Å². The summed E-state index contributed by atoms with van der Waals surface area (Å²) < 4.78 is 1.18. The molecule has 0 radical (unpaired) electrons. The number of halogens is 2. The van der Waals surface area contributed by atoms with Crippen molar-refractivity contribution in [1.29, 1.82) is 0 Å². The summed E-state index contributed by atoms with van der Waals surface area (Å²) in [6, 6.07) is 8.91. The third-order valence-corrected chi connectivity index (χ3v) is 6.36. The molecule has 1 aromatic carbocycles. The predicted octanol–water partition coefficient (Wildman–Crippen LogP) is 5.64. The molecule has 18 heavy (non-hydrogen) atoms. The second-order valence-corrected chi connectivity index (χ2v) is 7.69. The Kier molecular flexibility index (Phi) is 3.52. The molecule has 0 aliphatic heterocycles. The molecule has 0 saturated carbocycles. The second-order valence-electron chi connectivity index (χ2n) is 4.85. The monoisotopic (exact) mass is 340 g/mol. The molecule has 0 nitrogen and oxygen atoms in total. The van der Waals surface area contributed by atoms with E-state index in [2.05, 4.69) is 47.1 Å². The zero-order chi connectivity index (χ0) is 12.7. The number of fused-ring (bicyclic) bond motifs is 1. The minimum atomic E-state index is -0.0223. The van der Waals surface area contributed by atoms with Gasteiger partial charge in [0.05, 0.1) is 9.16 Å². The Balaban J connectivity index is 1.94. The maximum Gasteiger partial charge on any atom is 0.0928 e. The average Bonchev–Trinajstić information content (AvgIpc) is 2.95. The van der Waals surface area contributed by atoms with E-state index in [1.807, 2.05) is 0 Å². The molecule has 0 N–H and O–H groups in total. The van der Waals surface area contributed by atoms with Crippen molar-refractivity contribution in [2.75, 3.05) is 0 Å². The van der Waals surface area contributed by atoms with Crippen molar-refractivity contribution in [3.8, 4) is 0 Å². The fraction of sp³-hybridized carbons (Fsp3) is 0.333. The molecular formula is C15H14BrClS. The van der Waals surface area contributed by atoms with Gasteiger partial charge in [-0.15, -0.1) is 22.9 Å². The minimum absolute atomic E-state index is 0.0223. The molecule has 0 saturated heterocycles. The van der Waals surface area contributed by atoms with Crippen molar-refractivity contribution in [2.45, 2.75) is 31.6 Å². The highest BCUT2D eigenvalue weighted by Crippen LogP contribution is 2.39. The lowest BCUT2D eigenvalue weighted by Gasteiger charge is -2.09. The van der Waals surface area contributed by atoms with Crippen LogP contribution in [0.4, 0.5) is 0 Å². The summed E-state index contributed by atoms with van der Waals surface area (Å²) in [6.07, 6.45) is 3.72. The molecule has 1 aliphatic carbocycles. The quantitative estimate of drug-likeness (QED) is 0.620. The minimum Gasteiger partial charge on any atom is -0.131 e. The van der Waals surface area contributed by atoms with Crippen molar-refractivity contribution in [2.24, 2.45) is 0 Å². The van der Waals surface area contributed by atoms with Crippen LogP contribution in [0.2, 0.25) is 0 Å². The molecule has 3 rings (SSSR count). The van der Waals surface area contributed by atoms with Crippen molar-refractivity contribution < 1.29 is 0 Å². The Labute approximate surface area is 125 Å². The highest BCUT2D eigenvalue weighted by molar-refractivity contribution is 9.11. The first-order chi connectivity index (χ1) is 8.65. The largest absolute Gasteiger partial charge is 0.131 e. The topological polar surface area (TPSA) is 0 Å². The van der Waals surface area contributed by atoms with Crippen molar-refractivity contribution in [3.63, 3.8) is 0 Å². The lowest BCUT2D eigenvalue weighted by molar-refractivity contribution is 0.911. The Morgan fingerprint density at radius 3 is 2.72 bits per heavy atom. The maximum absolute atomic E-state index is 6.61. The molecule has 1 unspecified atom stereocenters. The van der Waals surface area contributed by atoms with Gasteiger partial charge in [0.2, 0.25) is 0 Å². The summed E-state index contributed by atoms with van der Waals surface area (Å²) in [7, 11) is 0. The first kappa shape index (κ1) is 12.7. The van der Waals surface area contributed by atoms with Crippen molar-refractivity contribution in [3.05, 3.63) is 55.2 Å². The van der Waals surface area contributed by atoms with E-state index >= 15 is 0 Å². The number of aryl methyl sites for hydroxylation is 3. The van der Waals surface area contributed by atoms with E-state index < -0.39 is 0 Å². The van der Waals surface area contributed by atoms with E-state index in [1.165, 1.54) is 50.2 Å². The van der Waals surface area contributed by atoms with Gasteiger partial charge in [-0.25, -0.2) is 0 Å². The first-order valence-corrected chi connectivity index (χ1v) is 8.21. The Hall–Kier alpha value is -0.310. The first-order valence-electron chi connectivity index (χ1n) is 6.17. The van der Waals surface area contributed by atoms with Gasteiger partial charge in [0.25, 0.3) is 0 Å². The second kappa shape index (κ2) is 4.99. The van der Waals surface area contributed by atoms with Crippen LogP contribution in [0.3, 0.4) is 0 Å². The average molecular weight is 342 g/mol. The van der Waals surface area contributed by atoms with Crippen molar-refractivity contribution >= 4 is 38.9 Å². The SMILES string of the molecule is Cc1cc(C(Cl)c2ccc3c(c2)CCC3)sc1Br. The van der Waals surface area contributed by atoms with Gasteiger partial charge in [-0.1, -0.05) is 18.2 Å². The number of benzene rings is 1. The summed E-state index contributed by atoms with van der Waals surface area (Å²) in [5, 5.41) is -0.0223. The standard InChI is InChI=1S/C15H14BrClS/c1-9-7-13(18-15(9)16)14(17)12-6-5-10-3-2-4-11(10)8-12/h5-8,14H,2-4H2,1H3. The van der Waals surface area contributed by atoms with Gasteiger partial charge >= 0.3 is 0 Å². The van der Waals surface area contributed by atoms with Gasteiger partial charge in [-0.05, 0) is 70.4 Å². The molecule has 0 bridgehead atoms. The molecule has 0 amide bonds. The van der Waals surface area contributed by atoms with Crippen LogP contribution in [-0.4, -0.2) is 0 Å². The molecule has 1 aliphatic rings. The van der Waals surface area contributed by atoms with E-state index in [1.54, 1.807) is 11.3 Å². The molecule has 0 fully saturated rings. The molecule has 1 heterocycles. The molecule has 2 aromatic rings. The smallest absolute Gasteiger partial charge is 0.0928 e. The van der Waals surface area contributed by atoms with Crippen LogP contribution in [0, 0.1) is 6.92 Å². The van der Waals surface area contributed by atoms with Crippen LogP contribution < -0.4 is 0 Å². The summed E-state index contributed by atoms with van der Waals surface area (Å²) in [6.45, 7) is 2.11. The third kappa shape index (κ3) is 2.26. The fourth-order valence-corrected chi connectivity index (χ4v) is 4.43. The van der Waals surface area contributed by atoms with Crippen LogP contribution >= 0.6 is 38.9 Å². The summed E-state index contributed by atoms with van der Waals surface area (Å²) >= 11 is 11.9. The Morgan fingerprint density at radius 2 is 2.00 bits per heavy atom. The zero-order valence-electron chi connectivity index (χ0n) is 10.2. The van der Waals surface area contributed by atoms with Crippen LogP contribution in [0.5, 0.6) is 0 Å². The number of alkyl halides is 1. The zero-order valence-corrected chi connectivity index (χ0v) is 13.3. The van der Waals surface area contributed by atoms with Crippen LogP contribution in [0.25, 0.3) is 0 Å². The van der Waals surface area contributed by atoms with Gasteiger partial charge in [0.1, 0.15) is 0 Å². The molecule has 94 valence electrons. The van der Waals surface area contributed by atoms with Crippen LogP contribution in [0.1, 0.15) is 38.9 Å². The lowest BCUT2D eigenvalue weighted by atomic mass is 10.0. The molecule has 1 atom stereocenters. The summed E-state index contributed by atoms with van der Waals surface area (Å²) in [5.74, 6) is 0. The Morgan fingerprint density at radius 1 is 1.22 bits per heavy atom. The molecule has 3 heteroatoms. The number of hydrogen-bond donors (Lipinski definition) is 0. The third-order valence-electron chi connectivity index (χ3n) is 3.54. The van der Waals surface area contributed by atoms with Crippen LogP contribution in [0.15, 0.2) is 28.1 Å². The lowest BCUT2D eigenvalue weighted by Crippen LogP contribution is -1.92. The fourth-order valence-electron chi connectivity index (χ4n) is 2.52. The highest BCUT2D eigenvalue weighted by atomic mass is 79.9. The number of thiophene rings is 1. The van der Waals surface area contributed by atoms with E-state index in [4.69, 9.17) is 11.6 Å². The van der Waals surface area contributed by atoms with E-state index in [9.17, 15) is 0 Å². The van der Waals surface area contributed by atoms with E-state index in [0.29, 0.717) is 0 Å². The van der Waals surface area contributed by atoms with Gasteiger partial charge in [-0.2, -0.15) is 0 Å². The van der Waals surface area contributed by atoms with E-state index in [0.717, 1.165) is 0 Å². The Bertz CT molecular complexity index is 569. The number of hydrogen-bond acceptors (Lipinski definition) is 1. The summed E-state index contributed by atoms with van der Waals surface area (Å²) in [5.41, 5.74) is 5.49. The molecule has 1 aromatic heterocycles. The normalized spacial score (nSPS) is 15.7. The van der Waals surface area contributed by atoms with Gasteiger partial charge in [0, 0.05) is 4.88 Å². The van der Waals surface area contributed by atoms with E-state index in [-0.39, 0.29) is 5.38 Å². The van der Waals surface area contributed by atoms with Crippen molar-refractivity contribution in [1.82, 2.24) is 0 Å². The number of rotatable bonds is 2. The van der Waals surface area contributed by atoms with Gasteiger partial charge < -0.3 is 0 Å². The van der Waals surface area contributed by atoms with Gasteiger partial charge in [-0.3, -0.25) is 0 Å². The molecule has 0 spiro atoms. The highest BCUT2D eigenvalue weighted by Gasteiger charge is 2.18. The van der Waals surface area contributed by atoms with Gasteiger partial charge in [0.15, 0.2) is 0 Å². The maximum atomic E-state index is 6.61.